The monoisotopic (exact) mass is 201 g/mol. The Bertz CT molecular complexity index is 391. The first kappa shape index (κ1) is 10.2. The highest BCUT2D eigenvalue weighted by molar-refractivity contribution is 7.93. The molecule has 0 fully saturated rings. The van der Waals surface area contributed by atoms with Gasteiger partial charge in [-0.1, -0.05) is 6.92 Å². The topological polar surface area (TPSA) is 29.4 Å². The summed E-state index contributed by atoms with van der Waals surface area (Å²) < 4.78 is 28.0. The molecule has 1 aromatic carbocycles. The lowest BCUT2D eigenvalue weighted by Gasteiger charge is -1.99. The van der Waals surface area contributed by atoms with Gasteiger partial charge < -0.3 is 0 Å². The predicted molar refractivity (Wildman–Crippen MR) is 53.1 cm³/mol. The second-order valence-corrected chi connectivity index (χ2v) is 5.49. The lowest BCUT2D eigenvalue weighted by Crippen LogP contribution is -1.97. The van der Waals surface area contributed by atoms with Gasteiger partial charge in [-0.3, -0.25) is 0 Å². The van der Waals surface area contributed by atoms with E-state index in [4.69, 9.17) is 0 Å². The quantitative estimate of drug-likeness (QED) is 0.723. The molecule has 0 spiro atoms. The minimum atomic E-state index is -2.13. The van der Waals surface area contributed by atoms with Gasteiger partial charge in [0.05, 0.1) is 5.69 Å². The molecule has 13 heavy (non-hydrogen) atoms. The van der Waals surface area contributed by atoms with Crippen LogP contribution in [0.2, 0.25) is 0 Å². The van der Waals surface area contributed by atoms with E-state index in [1.165, 1.54) is 24.3 Å². The fourth-order valence-corrected chi connectivity index (χ4v) is 1.49. The summed E-state index contributed by atoms with van der Waals surface area (Å²) in [5.41, 5.74) is 0.566. The molecule has 0 amide bonds. The molecular formula is C9H12FNOS. The van der Waals surface area contributed by atoms with Crippen LogP contribution < -0.4 is 0 Å². The van der Waals surface area contributed by atoms with Crippen LogP contribution in [0.5, 0.6) is 0 Å². The van der Waals surface area contributed by atoms with E-state index in [1.54, 1.807) is 6.26 Å². The van der Waals surface area contributed by atoms with Crippen LogP contribution in [-0.2, 0) is 9.73 Å². The molecule has 0 radical (unpaired) electrons. The highest BCUT2D eigenvalue weighted by Crippen LogP contribution is 2.14. The second kappa shape index (κ2) is 3.87. The van der Waals surface area contributed by atoms with E-state index in [1.807, 2.05) is 6.92 Å². The Labute approximate surface area is 78.0 Å². The number of rotatable bonds is 2. The van der Waals surface area contributed by atoms with Crippen LogP contribution in [0, 0.1) is 5.82 Å². The average Bonchev–Trinajstić information content (AvgIpc) is 2.09. The summed E-state index contributed by atoms with van der Waals surface area (Å²) in [7, 11) is -2.13. The van der Waals surface area contributed by atoms with Crippen LogP contribution in [0.3, 0.4) is 0 Å². The molecule has 0 heterocycles. The molecule has 4 heteroatoms. The largest absolute Gasteiger partial charge is 0.250 e. The van der Waals surface area contributed by atoms with Gasteiger partial charge in [0.2, 0.25) is 0 Å². The Morgan fingerprint density at radius 1 is 1.38 bits per heavy atom. The Morgan fingerprint density at radius 2 is 1.92 bits per heavy atom. The van der Waals surface area contributed by atoms with Crippen LogP contribution in [0.25, 0.3) is 0 Å². The van der Waals surface area contributed by atoms with E-state index in [9.17, 15) is 8.60 Å². The summed E-state index contributed by atoms with van der Waals surface area (Å²) in [5.74, 6) is 0.197. The van der Waals surface area contributed by atoms with Crippen molar-refractivity contribution in [1.82, 2.24) is 0 Å². The molecule has 1 atom stereocenters. The zero-order valence-electron chi connectivity index (χ0n) is 7.66. The molecule has 1 rings (SSSR count). The van der Waals surface area contributed by atoms with Crippen molar-refractivity contribution in [1.29, 1.82) is 0 Å². The maximum absolute atomic E-state index is 12.5. The summed E-state index contributed by atoms with van der Waals surface area (Å²) in [6, 6.07) is 5.66. The van der Waals surface area contributed by atoms with Crippen molar-refractivity contribution in [3.05, 3.63) is 30.1 Å². The molecule has 0 saturated carbocycles. The first-order valence-corrected chi connectivity index (χ1v) is 6.08. The van der Waals surface area contributed by atoms with Crippen LogP contribution in [0.1, 0.15) is 6.92 Å². The number of hydrogen-bond donors (Lipinski definition) is 0. The standard InChI is InChI=1S/C9H12FNOS/c1-3-13(2,12)11-9-6-4-8(10)5-7-9/h4-7H,3H2,1-2H3/t13-/m0/s1. The number of nitrogens with zero attached hydrogens (tertiary/aromatic N) is 1. The van der Waals surface area contributed by atoms with Crippen molar-refractivity contribution in [2.24, 2.45) is 4.36 Å². The lowest BCUT2D eigenvalue weighted by molar-refractivity contribution is 0.628. The lowest BCUT2D eigenvalue weighted by atomic mass is 10.3. The molecule has 0 N–H and O–H groups in total. The summed E-state index contributed by atoms with van der Waals surface area (Å²) in [6.07, 6.45) is 1.59. The summed E-state index contributed by atoms with van der Waals surface area (Å²) in [5, 5.41) is 0. The highest BCUT2D eigenvalue weighted by atomic mass is 32.2. The van der Waals surface area contributed by atoms with Crippen LogP contribution >= 0.6 is 0 Å². The molecule has 0 aliphatic heterocycles. The van der Waals surface area contributed by atoms with E-state index in [2.05, 4.69) is 4.36 Å². The Hall–Kier alpha value is -0.900. The number of hydrogen-bond acceptors (Lipinski definition) is 2. The van der Waals surface area contributed by atoms with Crippen molar-refractivity contribution in [3.63, 3.8) is 0 Å². The van der Waals surface area contributed by atoms with Crippen molar-refractivity contribution in [3.8, 4) is 0 Å². The molecule has 0 aliphatic carbocycles. The maximum Gasteiger partial charge on any atom is 0.123 e. The predicted octanol–water partition coefficient (Wildman–Crippen LogP) is 2.57. The van der Waals surface area contributed by atoms with Gasteiger partial charge in [-0.15, -0.1) is 0 Å². The molecule has 2 nitrogen and oxygen atoms in total. The van der Waals surface area contributed by atoms with Gasteiger partial charge in [0, 0.05) is 21.7 Å². The first-order valence-electron chi connectivity index (χ1n) is 3.99. The summed E-state index contributed by atoms with van der Waals surface area (Å²) in [6.45, 7) is 1.81. The van der Waals surface area contributed by atoms with Gasteiger partial charge in [0.25, 0.3) is 0 Å². The Morgan fingerprint density at radius 3 is 2.38 bits per heavy atom. The third-order valence-corrected chi connectivity index (χ3v) is 3.33. The number of benzene rings is 1. The van der Waals surface area contributed by atoms with Crippen LogP contribution in [-0.4, -0.2) is 16.2 Å². The Balaban J connectivity index is 3.06. The van der Waals surface area contributed by atoms with Gasteiger partial charge >= 0.3 is 0 Å². The summed E-state index contributed by atoms with van der Waals surface area (Å²) in [4.78, 5) is 0. The van der Waals surface area contributed by atoms with Crippen molar-refractivity contribution in [2.75, 3.05) is 12.0 Å². The third-order valence-electron chi connectivity index (χ3n) is 1.66. The molecule has 0 bridgehead atoms. The van der Waals surface area contributed by atoms with Gasteiger partial charge in [0.15, 0.2) is 0 Å². The Kier molecular flexibility index (Phi) is 3.03. The summed E-state index contributed by atoms with van der Waals surface area (Å²) >= 11 is 0. The molecule has 72 valence electrons. The van der Waals surface area contributed by atoms with Crippen LogP contribution in [0.15, 0.2) is 28.6 Å². The van der Waals surface area contributed by atoms with E-state index in [0.717, 1.165) is 0 Å². The normalized spacial score (nSPS) is 15.0. The highest BCUT2D eigenvalue weighted by Gasteiger charge is 1.97. The van der Waals surface area contributed by atoms with Gasteiger partial charge in [0.1, 0.15) is 5.82 Å². The van der Waals surface area contributed by atoms with Gasteiger partial charge in [-0.25, -0.2) is 8.60 Å². The minimum Gasteiger partial charge on any atom is -0.250 e. The van der Waals surface area contributed by atoms with E-state index in [-0.39, 0.29) is 5.82 Å². The minimum absolute atomic E-state index is 0.307. The van der Waals surface area contributed by atoms with Crippen LogP contribution in [0.4, 0.5) is 10.1 Å². The maximum atomic E-state index is 12.5. The van der Waals surface area contributed by atoms with Crippen molar-refractivity contribution < 1.29 is 8.60 Å². The molecule has 0 saturated heterocycles. The average molecular weight is 201 g/mol. The molecule has 0 unspecified atom stereocenters. The SMILES string of the molecule is CC[S@](C)(=O)=Nc1ccc(F)cc1. The van der Waals surface area contributed by atoms with E-state index >= 15 is 0 Å². The smallest absolute Gasteiger partial charge is 0.123 e. The van der Waals surface area contributed by atoms with Gasteiger partial charge in [-0.2, -0.15) is 4.36 Å². The first-order chi connectivity index (χ1) is 6.03. The van der Waals surface area contributed by atoms with E-state index in [0.29, 0.717) is 11.4 Å². The molecule has 0 aliphatic rings. The zero-order valence-corrected chi connectivity index (χ0v) is 8.47. The van der Waals surface area contributed by atoms with Crippen molar-refractivity contribution >= 4 is 15.4 Å². The fourth-order valence-electron chi connectivity index (χ4n) is 0.789. The van der Waals surface area contributed by atoms with Crippen molar-refractivity contribution in [2.45, 2.75) is 6.92 Å². The molecule has 1 aromatic rings. The molecule has 0 aromatic heterocycles. The number of halogens is 1. The third kappa shape index (κ3) is 3.14. The fraction of sp³-hybridized carbons (Fsp3) is 0.333. The van der Waals surface area contributed by atoms with E-state index < -0.39 is 9.73 Å². The second-order valence-electron chi connectivity index (χ2n) is 2.82. The zero-order chi connectivity index (χ0) is 9.90. The van der Waals surface area contributed by atoms with Gasteiger partial charge in [-0.05, 0) is 24.3 Å². The molecular weight excluding hydrogens is 189 g/mol.